The lowest BCUT2D eigenvalue weighted by Gasteiger charge is -2.31. The molecule has 0 spiro atoms. The zero-order valence-corrected chi connectivity index (χ0v) is 15.3. The van der Waals surface area contributed by atoms with Crippen molar-refractivity contribution in [2.75, 3.05) is 18.4 Å². The summed E-state index contributed by atoms with van der Waals surface area (Å²) in [6.45, 7) is 0.612. The van der Waals surface area contributed by atoms with Gasteiger partial charge in [-0.25, -0.2) is 13.8 Å². The van der Waals surface area contributed by atoms with E-state index in [2.05, 4.69) is 26.2 Å². The van der Waals surface area contributed by atoms with Crippen molar-refractivity contribution < 1.29 is 18.4 Å². The Morgan fingerprint density at radius 2 is 1.88 bits per heavy atom. The van der Waals surface area contributed by atoms with Crippen molar-refractivity contribution >= 4 is 33.6 Å². The van der Waals surface area contributed by atoms with Crippen LogP contribution < -0.4 is 5.32 Å². The summed E-state index contributed by atoms with van der Waals surface area (Å²) in [4.78, 5) is 30.2. The van der Waals surface area contributed by atoms with Gasteiger partial charge in [-0.15, -0.1) is 0 Å². The molecule has 2 amide bonds. The van der Waals surface area contributed by atoms with Crippen molar-refractivity contribution in [3.05, 3.63) is 58.2 Å². The van der Waals surface area contributed by atoms with Crippen LogP contribution in [0.2, 0.25) is 0 Å². The fourth-order valence-corrected chi connectivity index (χ4v) is 3.10. The van der Waals surface area contributed by atoms with Crippen LogP contribution >= 0.6 is 15.9 Å². The van der Waals surface area contributed by atoms with Crippen LogP contribution in [0.1, 0.15) is 23.2 Å². The van der Waals surface area contributed by atoms with E-state index in [1.54, 1.807) is 18.3 Å². The summed E-state index contributed by atoms with van der Waals surface area (Å²) < 4.78 is 27.9. The maximum atomic E-state index is 13.8. The third-order valence-corrected chi connectivity index (χ3v) is 4.78. The Hall–Kier alpha value is -2.35. The van der Waals surface area contributed by atoms with Gasteiger partial charge in [0.1, 0.15) is 5.82 Å². The molecule has 0 saturated carbocycles. The van der Waals surface area contributed by atoms with Gasteiger partial charge in [0, 0.05) is 29.7 Å². The number of nitrogens with one attached hydrogen (secondary N) is 1. The van der Waals surface area contributed by atoms with Gasteiger partial charge in [-0.2, -0.15) is 0 Å². The SMILES string of the molecule is O=C(Nc1ccc(Br)cn1)C1CCN(C(=O)c2cccc(F)c2F)CC1. The van der Waals surface area contributed by atoms with Gasteiger partial charge < -0.3 is 10.2 Å². The lowest BCUT2D eigenvalue weighted by molar-refractivity contribution is -0.121. The molecule has 2 heterocycles. The van der Waals surface area contributed by atoms with Gasteiger partial charge in [0.05, 0.1) is 5.56 Å². The molecule has 8 heteroatoms. The molecule has 1 aromatic carbocycles. The number of pyridine rings is 1. The molecule has 1 saturated heterocycles. The first-order valence-electron chi connectivity index (χ1n) is 8.11. The van der Waals surface area contributed by atoms with Crippen molar-refractivity contribution in [2.24, 2.45) is 5.92 Å². The normalized spacial score (nSPS) is 15.0. The maximum Gasteiger partial charge on any atom is 0.256 e. The fraction of sp³-hybridized carbons (Fsp3) is 0.278. The van der Waals surface area contributed by atoms with E-state index in [1.807, 2.05) is 0 Å². The standard InChI is InChI=1S/C18H16BrF2N3O2/c19-12-4-5-15(22-10-12)23-17(25)11-6-8-24(9-7-11)18(26)13-2-1-3-14(20)16(13)21/h1-5,10-11H,6-9H2,(H,22,23,25). The number of benzene rings is 1. The van der Waals surface area contributed by atoms with Crippen molar-refractivity contribution in [1.82, 2.24) is 9.88 Å². The second kappa shape index (κ2) is 7.90. The van der Waals surface area contributed by atoms with Gasteiger partial charge in [-0.1, -0.05) is 6.07 Å². The first-order chi connectivity index (χ1) is 12.5. The summed E-state index contributed by atoms with van der Waals surface area (Å²) in [6.07, 6.45) is 2.49. The Morgan fingerprint density at radius 3 is 2.54 bits per heavy atom. The molecule has 0 bridgehead atoms. The van der Waals surface area contributed by atoms with E-state index in [9.17, 15) is 18.4 Å². The molecule has 0 atom stereocenters. The van der Waals surface area contributed by atoms with Crippen LogP contribution in [0.15, 0.2) is 41.0 Å². The van der Waals surface area contributed by atoms with E-state index < -0.39 is 17.5 Å². The lowest BCUT2D eigenvalue weighted by atomic mass is 9.95. The summed E-state index contributed by atoms with van der Waals surface area (Å²) in [5, 5.41) is 2.75. The number of likely N-dealkylation sites (tertiary alicyclic amines) is 1. The molecule has 1 aromatic heterocycles. The number of amides is 2. The van der Waals surface area contributed by atoms with Crippen molar-refractivity contribution in [3.8, 4) is 0 Å². The van der Waals surface area contributed by atoms with Crippen LogP contribution in [-0.2, 0) is 4.79 Å². The molecule has 0 unspecified atom stereocenters. The Kier molecular flexibility index (Phi) is 5.61. The van der Waals surface area contributed by atoms with Crippen LogP contribution in [0.3, 0.4) is 0 Å². The number of halogens is 3. The van der Waals surface area contributed by atoms with Crippen molar-refractivity contribution in [3.63, 3.8) is 0 Å². The van der Waals surface area contributed by atoms with Crippen LogP contribution in [-0.4, -0.2) is 34.8 Å². The first-order valence-corrected chi connectivity index (χ1v) is 8.90. The van der Waals surface area contributed by atoms with Gasteiger partial charge in [0.15, 0.2) is 11.6 Å². The second-order valence-corrected chi connectivity index (χ2v) is 6.93. The number of hydrogen-bond donors (Lipinski definition) is 1. The first kappa shape index (κ1) is 18.4. The molecule has 0 aliphatic carbocycles. The van der Waals surface area contributed by atoms with Crippen molar-refractivity contribution in [1.29, 1.82) is 0 Å². The van der Waals surface area contributed by atoms with E-state index >= 15 is 0 Å². The molecular formula is C18H16BrF2N3O2. The lowest BCUT2D eigenvalue weighted by Crippen LogP contribution is -2.41. The summed E-state index contributed by atoms with van der Waals surface area (Å²) in [5.74, 6) is -2.72. The highest BCUT2D eigenvalue weighted by molar-refractivity contribution is 9.10. The molecule has 26 heavy (non-hydrogen) atoms. The number of nitrogens with zero attached hydrogens (tertiary/aromatic N) is 2. The molecule has 1 N–H and O–H groups in total. The van der Waals surface area contributed by atoms with Crippen LogP contribution in [0.5, 0.6) is 0 Å². The highest BCUT2D eigenvalue weighted by atomic mass is 79.9. The van der Waals surface area contributed by atoms with Gasteiger partial charge in [-0.05, 0) is 53.0 Å². The molecule has 136 valence electrons. The largest absolute Gasteiger partial charge is 0.339 e. The predicted molar refractivity (Wildman–Crippen MR) is 95.6 cm³/mol. The molecule has 3 rings (SSSR count). The Labute approximate surface area is 157 Å². The van der Waals surface area contributed by atoms with E-state index in [-0.39, 0.29) is 17.4 Å². The zero-order chi connectivity index (χ0) is 18.7. The van der Waals surface area contributed by atoms with Gasteiger partial charge in [0.2, 0.25) is 5.91 Å². The molecule has 0 radical (unpaired) electrons. The van der Waals surface area contributed by atoms with Gasteiger partial charge >= 0.3 is 0 Å². The molecule has 1 aliphatic rings. The van der Waals surface area contributed by atoms with Crippen molar-refractivity contribution in [2.45, 2.75) is 12.8 Å². The Morgan fingerprint density at radius 1 is 1.15 bits per heavy atom. The number of anilines is 1. The smallest absolute Gasteiger partial charge is 0.256 e. The van der Waals surface area contributed by atoms with E-state index in [4.69, 9.17) is 0 Å². The fourth-order valence-electron chi connectivity index (χ4n) is 2.86. The minimum Gasteiger partial charge on any atom is -0.339 e. The highest BCUT2D eigenvalue weighted by Crippen LogP contribution is 2.22. The summed E-state index contributed by atoms with van der Waals surface area (Å²) >= 11 is 3.27. The molecule has 1 fully saturated rings. The quantitative estimate of drug-likeness (QED) is 0.819. The third-order valence-electron chi connectivity index (χ3n) is 4.31. The summed E-state index contributed by atoms with van der Waals surface area (Å²) in [5.41, 5.74) is -0.285. The second-order valence-electron chi connectivity index (χ2n) is 6.02. The molecular weight excluding hydrogens is 408 g/mol. The van der Waals surface area contributed by atoms with Crippen LogP contribution in [0.4, 0.5) is 14.6 Å². The number of carbonyl (C=O) groups excluding carboxylic acids is 2. The van der Waals surface area contributed by atoms with Crippen LogP contribution in [0, 0.1) is 17.6 Å². The van der Waals surface area contributed by atoms with E-state index in [1.165, 1.54) is 17.0 Å². The maximum absolute atomic E-state index is 13.8. The molecule has 5 nitrogen and oxygen atoms in total. The monoisotopic (exact) mass is 423 g/mol. The number of aromatic nitrogens is 1. The third kappa shape index (κ3) is 4.07. The summed E-state index contributed by atoms with van der Waals surface area (Å²) in [7, 11) is 0. The minimum absolute atomic E-state index is 0.163. The van der Waals surface area contributed by atoms with Gasteiger partial charge in [0.25, 0.3) is 5.91 Å². The average Bonchev–Trinajstić information content (AvgIpc) is 2.65. The summed E-state index contributed by atoms with van der Waals surface area (Å²) in [6, 6.07) is 7.00. The zero-order valence-electron chi connectivity index (χ0n) is 13.7. The molecule has 1 aliphatic heterocycles. The topological polar surface area (TPSA) is 62.3 Å². The highest BCUT2D eigenvalue weighted by Gasteiger charge is 2.29. The van der Waals surface area contributed by atoms with E-state index in [0.717, 1.165) is 10.5 Å². The molecule has 2 aromatic rings. The number of rotatable bonds is 3. The number of hydrogen-bond acceptors (Lipinski definition) is 3. The van der Waals surface area contributed by atoms with E-state index in [0.29, 0.717) is 31.7 Å². The van der Waals surface area contributed by atoms with Crippen LogP contribution in [0.25, 0.3) is 0 Å². The Bertz CT molecular complexity index is 822. The average molecular weight is 424 g/mol. The Balaban J connectivity index is 1.58. The number of carbonyl (C=O) groups is 2. The number of piperidine rings is 1. The van der Waals surface area contributed by atoms with Gasteiger partial charge in [-0.3, -0.25) is 9.59 Å². The minimum atomic E-state index is -1.14. The predicted octanol–water partition coefficient (Wildman–Crippen LogP) is 3.61.